The number of hydrogen-bond acceptors (Lipinski definition) is 5. The number of benzene rings is 1. The van der Waals surface area contributed by atoms with E-state index in [-0.39, 0.29) is 5.92 Å². The van der Waals surface area contributed by atoms with Gasteiger partial charge >= 0.3 is 0 Å². The topological polar surface area (TPSA) is 68.9 Å². The third-order valence-corrected chi connectivity index (χ3v) is 4.47. The van der Waals surface area contributed by atoms with Crippen LogP contribution in [-0.2, 0) is 0 Å². The van der Waals surface area contributed by atoms with E-state index in [9.17, 15) is 0 Å². The number of rotatable bonds is 3. The Balaban J connectivity index is 1.83. The highest BCUT2D eigenvalue weighted by Gasteiger charge is 2.25. The SMILES string of the molecule is c1cncc(C(c2cccc3ncccc23)c2nnc3cccnn23)c1. The molecule has 1 unspecified atom stereocenters. The molecule has 1 aromatic carbocycles. The molecule has 4 aromatic heterocycles. The van der Waals surface area contributed by atoms with Crippen molar-refractivity contribution in [3.63, 3.8) is 0 Å². The molecule has 6 heteroatoms. The Kier molecular flexibility index (Phi) is 3.38. The van der Waals surface area contributed by atoms with Crippen LogP contribution in [0, 0.1) is 0 Å². The fraction of sp³-hybridized carbons (Fsp3) is 0.0500. The number of fused-ring (bicyclic) bond motifs is 2. The molecule has 4 heterocycles. The van der Waals surface area contributed by atoms with Gasteiger partial charge in [0.05, 0.1) is 11.4 Å². The average molecular weight is 338 g/mol. The minimum absolute atomic E-state index is 0.151. The van der Waals surface area contributed by atoms with Crippen LogP contribution in [0.3, 0.4) is 0 Å². The molecule has 0 radical (unpaired) electrons. The van der Waals surface area contributed by atoms with Crippen molar-refractivity contribution in [1.29, 1.82) is 0 Å². The van der Waals surface area contributed by atoms with E-state index in [1.807, 2.05) is 42.6 Å². The maximum absolute atomic E-state index is 4.49. The van der Waals surface area contributed by atoms with Gasteiger partial charge in [-0.3, -0.25) is 9.97 Å². The Morgan fingerprint density at radius 2 is 1.73 bits per heavy atom. The largest absolute Gasteiger partial charge is 0.264 e. The summed E-state index contributed by atoms with van der Waals surface area (Å²) < 4.78 is 1.78. The van der Waals surface area contributed by atoms with Crippen molar-refractivity contribution in [1.82, 2.24) is 29.8 Å². The Bertz CT molecular complexity index is 1190. The lowest BCUT2D eigenvalue weighted by atomic mass is 9.89. The molecule has 0 saturated heterocycles. The van der Waals surface area contributed by atoms with E-state index in [1.54, 1.807) is 23.1 Å². The highest BCUT2D eigenvalue weighted by Crippen LogP contribution is 2.34. The summed E-state index contributed by atoms with van der Waals surface area (Å²) in [6, 6.07) is 17.9. The van der Waals surface area contributed by atoms with E-state index >= 15 is 0 Å². The molecule has 0 aliphatic carbocycles. The second-order valence-corrected chi connectivity index (χ2v) is 5.99. The highest BCUT2D eigenvalue weighted by molar-refractivity contribution is 5.83. The lowest BCUT2D eigenvalue weighted by Crippen LogP contribution is -2.10. The standard InChI is InChI=1S/C20H14N6/c1-6-16(15-7-3-11-22-17(15)8-1)19(14-5-2-10-21-13-14)20-25-24-18-9-4-12-23-26(18)20/h1-13,19H. The molecule has 0 bridgehead atoms. The Hall–Kier alpha value is -3.67. The summed E-state index contributed by atoms with van der Waals surface area (Å²) in [7, 11) is 0. The summed E-state index contributed by atoms with van der Waals surface area (Å²) in [6.45, 7) is 0. The van der Waals surface area contributed by atoms with Gasteiger partial charge < -0.3 is 0 Å². The lowest BCUT2D eigenvalue weighted by Gasteiger charge is -2.17. The van der Waals surface area contributed by atoms with Crippen molar-refractivity contribution in [2.45, 2.75) is 5.92 Å². The maximum atomic E-state index is 4.49. The normalized spacial score (nSPS) is 12.5. The van der Waals surface area contributed by atoms with Gasteiger partial charge in [-0.15, -0.1) is 10.2 Å². The minimum atomic E-state index is -0.151. The van der Waals surface area contributed by atoms with Crippen LogP contribution in [0.5, 0.6) is 0 Å². The Labute approximate surface area is 149 Å². The number of hydrogen-bond donors (Lipinski definition) is 0. The highest BCUT2D eigenvalue weighted by atomic mass is 15.4. The van der Waals surface area contributed by atoms with E-state index in [2.05, 4.69) is 43.5 Å². The van der Waals surface area contributed by atoms with Gasteiger partial charge in [0, 0.05) is 30.2 Å². The predicted octanol–water partition coefficient (Wildman–Crippen LogP) is 3.25. The Morgan fingerprint density at radius 1 is 0.808 bits per heavy atom. The van der Waals surface area contributed by atoms with Gasteiger partial charge in [-0.25, -0.2) is 0 Å². The van der Waals surface area contributed by atoms with Crippen molar-refractivity contribution >= 4 is 16.6 Å². The van der Waals surface area contributed by atoms with Gasteiger partial charge in [-0.1, -0.05) is 24.3 Å². The molecule has 0 aliphatic heterocycles. The van der Waals surface area contributed by atoms with Crippen LogP contribution in [-0.4, -0.2) is 29.8 Å². The van der Waals surface area contributed by atoms with Crippen LogP contribution in [0.2, 0.25) is 0 Å². The van der Waals surface area contributed by atoms with E-state index in [1.165, 1.54) is 0 Å². The second kappa shape index (κ2) is 6.00. The van der Waals surface area contributed by atoms with Crippen LogP contribution >= 0.6 is 0 Å². The van der Waals surface area contributed by atoms with Gasteiger partial charge in [0.25, 0.3) is 0 Å². The van der Waals surface area contributed by atoms with E-state index in [0.29, 0.717) is 0 Å². The van der Waals surface area contributed by atoms with Crippen LogP contribution in [0.1, 0.15) is 22.9 Å². The molecule has 1 atom stereocenters. The average Bonchev–Trinajstić information content (AvgIpc) is 3.13. The quantitative estimate of drug-likeness (QED) is 0.505. The molecule has 5 aromatic rings. The predicted molar refractivity (Wildman–Crippen MR) is 97.7 cm³/mol. The van der Waals surface area contributed by atoms with Gasteiger partial charge in [0.1, 0.15) is 0 Å². The fourth-order valence-electron chi connectivity index (χ4n) is 3.33. The molecule has 0 saturated carbocycles. The number of aromatic nitrogens is 6. The van der Waals surface area contributed by atoms with Crippen LogP contribution in [0.15, 0.2) is 79.4 Å². The van der Waals surface area contributed by atoms with Crippen LogP contribution in [0.25, 0.3) is 16.6 Å². The molecular weight excluding hydrogens is 324 g/mol. The molecule has 0 spiro atoms. The zero-order valence-electron chi connectivity index (χ0n) is 13.8. The van der Waals surface area contributed by atoms with E-state index in [0.717, 1.165) is 33.5 Å². The molecule has 0 amide bonds. The zero-order valence-corrected chi connectivity index (χ0v) is 13.8. The van der Waals surface area contributed by atoms with Crippen molar-refractivity contribution < 1.29 is 0 Å². The zero-order chi connectivity index (χ0) is 17.3. The second-order valence-electron chi connectivity index (χ2n) is 5.99. The monoisotopic (exact) mass is 338 g/mol. The summed E-state index contributed by atoms with van der Waals surface area (Å²) in [5.74, 6) is 0.603. The number of pyridine rings is 2. The summed E-state index contributed by atoms with van der Waals surface area (Å²) in [5, 5.41) is 14.3. The first-order valence-electron chi connectivity index (χ1n) is 8.32. The summed E-state index contributed by atoms with van der Waals surface area (Å²) in [4.78, 5) is 8.80. The van der Waals surface area contributed by atoms with Gasteiger partial charge in [-0.05, 0) is 41.5 Å². The van der Waals surface area contributed by atoms with E-state index in [4.69, 9.17) is 0 Å². The summed E-state index contributed by atoms with van der Waals surface area (Å²) in [6.07, 6.45) is 7.18. The maximum Gasteiger partial charge on any atom is 0.177 e. The van der Waals surface area contributed by atoms with Crippen LogP contribution < -0.4 is 0 Å². The van der Waals surface area contributed by atoms with Crippen molar-refractivity contribution in [2.24, 2.45) is 0 Å². The first-order chi connectivity index (χ1) is 12.9. The fourth-order valence-corrected chi connectivity index (χ4v) is 3.33. The summed E-state index contributed by atoms with van der Waals surface area (Å²) >= 11 is 0. The van der Waals surface area contributed by atoms with E-state index < -0.39 is 0 Å². The first-order valence-corrected chi connectivity index (χ1v) is 8.32. The minimum Gasteiger partial charge on any atom is -0.264 e. The van der Waals surface area contributed by atoms with Crippen molar-refractivity contribution in [3.05, 3.63) is 96.3 Å². The molecule has 26 heavy (non-hydrogen) atoms. The molecule has 6 nitrogen and oxygen atoms in total. The third-order valence-electron chi connectivity index (χ3n) is 4.47. The third kappa shape index (κ3) is 2.31. The van der Waals surface area contributed by atoms with Gasteiger partial charge in [0.2, 0.25) is 0 Å². The molecule has 5 rings (SSSR count). The van der Waals surface area contributed by atoms with Crippen molar-refractivity contribution in [2.75, 3.05) is 0 Å². The van der Waals surface area contributed by atoms with Gasteiger partial charge in [-0.2, -0.15) is 9.61 Å². The molecule has 124 valence electrons. The Morgan fingerprint density at radius 3 is 2.65 bits per heavy atom. The lowest BCUT2D eigenvalue weighted by molar-refractivity contribution is 0.777. The molecule has 0 fully saturated rings. The first kappa shape index (κ1) is 14.7. The summed E-state index contributed by atoms with van der Waals surface area (Å²) in [5.41, 5.74) is 3.79. The molecule has 0 N–H and O–H groups in total. The van der Waals surface area contributed by atoms with Gasteiger partial charge in [0.15, 0.2) is 11.5 Å². The molecule has 0 aliphatic rings. The smallest absolute Gasteiger partial charge is 0.177 e. The number of nitrogens with zero attached hydrogens (tertiary/aromatic N) is 6. The molecular formula is C20H14N6. The van der Waals surface area contributed by atoms with Crippen molar-refractivity contribution in [3.8, 4) is 0 Å². The van der Waals surface area contributed by atoms with Crippen LogP contribution in [0.4, 0.5) is 0 Å².